The highest BCUT2D eigenvalue weighted by Gasteiger charge is 2.29. The third kappa shape index (κ3) is 3.33. The van der Waals surface area contributed by atoms with Crippen LogP contribution in [0.25, 0.3) is 11.3 Å². The van der Waals surface area contributed by atoms with Crippen LogP contribution in [0.5, 0.6) is 5.75 Å². The number of methoxy groups -OCH3 is 1. The number of ether oxygens (including phenoxy) is 1. The van der Waals surface area contributed by atoms with E-state index in [4.69, 9.17) is 9.26 Å². The summed E-state index contributed by atoms with van der Waals surface area (Å²) in [4.78, 5) is 4.04. The van der Waals surface area contributed by atoms with Crippen molar-refractivity contribution in [2.24, 2.45) is 0 Å². The molecule has 0 N–H and O–H groups in total. The second-order valence-electron chi connectivity index (χ2n) is 5.72. The Morgan fingerprint density at radius 2 is 1.85 bits per heavy atom. The van der Waals surface area contributed by atoms with Gasteiger partial charge in [-0.1, -0.05) is 5.16 Å². The number of aromatic nitrogens is 2. The molecule has 7 nitrogen and oxygen atoms in total. The summed E-state index contributed by atoms with van der Waals surface area (Å²) in [5, 5.41) is 3.66. The number of benzene rings is 1. The van der Waals surface area contributed by atoms with Gasteiger partial charge in [0.15, 0.2) is 5.76 Å². The normalized spacial score (nSPS) is 12.9. The van der Waals surface area contributed by atoms with Gasteiger partial charge in [-0.3, -0.25) is 4.98 Å². The molecule has 0 radical (unpaired) electrons. The van der Waals surface area contributed by atoms with Crippen molar-refractivity contribution < 1.29 is 17.7 Å². The number of nitrogens with zero attached hydrogens (tertiary/aromatic N) is 3. The van der Waals surface area contributed by atoms with Crippen molar-refractivity contribution in [3.8, 4) is 17.1 Å². The summed E-state index contributed by atoms with van der Waals surface area (Å²) in [5.74, 6) is 0.746. The Labute approximate surface area is 152 Å². The summed E-state index contributed by atoms with van der Waals surface area (Å²) in [6, 6.07) is 9.74. The molecule has 0 saturated carbocycles. The molecule has 0 bridgehead atoms. The van der Waals surface area contributed by atoms with Crippen molar-refractivity contribution in [2.75, 3.05) is 14.2 Å². The first-order valence-corrected chi connectivity index (χ1v) is 9.36. The summed E-state index contributed by atoms with van der Waals surface area (Å²) in [6.07, 6.45) is 4.78. The summed E-state index contributed by atoms with van der Waals surface area (Å²) in [7, 11) is -0.835. The number of sulfonamides is 1. The van der Waals surface area contributed by atoms with Crippen molar-refractivity contribution >= 4 is 10.0 Å². The second-order valence-corrected chi connectivity index (χ2v) is 7.69. The fourth-order valence-electron chi connectivity index (χ4n) is 2.61. The lowest BCUT2D eigenvalue weighted by atomic mass is 10.1. The molecule has 2 heterocycles. The minimum Gasteiger partial charge on any atom is -0.495 e. The van der Waals surface area contributed by atoms with Gasteiger partial charge in [0.05, 0.1) is 13.3 Å². The highest BCUT2D eigenvalue weighted by molar-refractivity contribution is 7.89. The number of pyridine rings is 1. The molecular weight excluding hydrogens is 354 g/mol. The molecule has 0 fully saturated rings. The molecule has 3 rings (SSSR count). The van der Waals surface area contributed by atoms with Gasteiger partial charge in [0.1, 0.15) is 10.6 Å². The second kappa shape index (κ2) is 7.27. The van der Waals surface area contributed by atoms with E-state index in [1.165, 1.54) is 23.7 Å². The topological polar surface area (TPSA) is 85.5 Å². The van der Waals surface area contributed by atoms with E-state index in [9.17, 15) is 8.42 Å². The zero-order chi connectivity index (χ0) is 18.7. The number of rotatable bonds is 6. The van der Waals surface area contributed by atoms with Crippen molar-refractivity contribution in [3.63, 3.8) is 0 Å². The zero-order valence-corrected chi connectivity index (χ0v) is 15.5. The van der Waals surface area contributed by atoms with Crippen molar-refractivity contribution in [1.82, 2.24) is 14.4 Å². The van der Waals surface area contributed by atoms with Gasteiger partial charge in [0.2, 0.25) is 10.0 Å². The van der Waals surface area contributed by atoms with Crippen LogP contribution in [0.2, 0.25) is 0 Å². The molecule has 2 aromatic heterocycles. The van der Waals surface area contributed by atoms with Gasteiger partial charge in [-0.2, -0.15) is 4.31 Å². The van der Waals surface area contributed by atoms with E-state index in [0.29, 0.717) is 11.3 Å². The third-order valence-electron chi connectivity index (χ3n) is 4.28. The Kier molecular flexibility index (Phi) is 5.06. The van der Waals surface area contributed by atoms with Gasteiger partial charge in [0.25, 0.3) is 0 Å². The summed E-state index contributed by atoms with van der Waals surface area (Å²) < 4.78 is 38.2. The van der Waals surface area contributed by atoms with Crippen molar-refractivity contribution in [3.05, 3.63) is 60.6 Å². The molecule has 26 heavy (non-hydrogen) atoms. The highest BCUT2D eigenvalue weighted by atomic mass is 32.2. The SMILES string of the molecule is COc1ccc(-c2ccno2)cc1S(=O)(=O)N(C)C(C)c1ccncc1. The lowest BCUT2D eigenvalue weighted by Gasteiger charge is -2.25. The molecule has 0 spiro atoms. The van der Waals surface area contributed by atoms with Gasteiger partial charge in [-0.25, -0.2) is 8.42 Å². The van der Waals surface area contributed by atoms with E-state index in [1.807, 2.05) is 6.92 Å². The Balaban J connectivity index is 2.04. The largest absolute Gasteiger partial charge is 0.495 e. The van der Waals surface area contributed by atoms with Crippen molar-refractivity contribution in [1.29, 1.82) is 0 Å². The molecular formula is C18H19N3O4S. The first-order valence-electron chi connectivity index (χ1n) is 7.92. The van der Waals surface area contributed by atoms with Crippen LogP contribution in [0.15, 0.2) is 64.4 Å². The van der Waals surface area contributed by atoms with Crippen LogP contribution in [-0.4, -0.2) is 37.0 Å². The zero-order valence-electron chi connectivity index (χ0n) is 14.7. The molecule has 0 saturated heterocycles. The number of hydrogen-bond acceptors (Lipinski definition) is 6. The Bertz CT molecular complexity index is 973. The van der Waals surface area contributed by atoms with Gasteiger partial charge in [-0.15, -0.1) is 0 Å². The standard InChI is InChI=1S/C18H19N3O4S/c1-13(14-6-9-19-10-7-14)21(2)26(22,23)18-12-15(4-5-17(18)24-3)16-8-11-20-25-16/h4-13H,1-3H3. The first-order chi connectivity index (χ1) is 12.4. The molecule has 1 unspecified atom stereocenters. The first kappa shape index (κ1) is 18.1. The average Bonchev–Trinajstić information content (AvgIpc) is 3.21. The molecule has 1 atom stereocenters. The van der Waals surface area contributed by atoms with E-state index in [-0.39, 0.29) is 16.7 Å². The van der Waals surface area contributed by atoms with Crippen LogP contribution in [0, 0.1) is 0 Å². The van der Waals surface area contributed by atoms with E-state index in [1.54, 1.807) is 49.8 Å². The average molecular weight is 373 g/mol. The fraction of sp³-hybridized carbons (Fsp3) is 0.222. The summed E-state index contributed by atoms with van der Waals surface area (Å²) >= 11 is 0. The number of hydrogen-bond donors (Lipinski definition) is 0. The van der Waals surface area contributed by atoms with E-state index < -0.39 is 10.0 Å². The minimum atomic E-state index is -3.82. The van der Waals surface area contributed by atoms with Crippen LogP contribution >= 0.6 is 0 Å². The van der Waals surface area contributed by atoms with Crippen LogP contribution in [-0.2, 0) is 10.0 Å². The Hall–Kier alpha value is -2.71. The maximum absolute atomic E-state index is 13.2. The van der Waals surface area contributed by atoms with Crippen LogP contribution in [0.3, 0.4) is 0 Å². The van der Waals surface area contributed by atoms with E-state index in [0.717, 1.165) is 5.56 Å². The third-order valence-corrected chi connectivity index (χ3v) is 6.23. The van der Waals surface area contributed by atoms with Gasteiger partial charge in [0, 0.05) is 37.1 Å². The molecule has 3 aromatic rings. The smallest absolute Gasteiger partial charge is 0.247 e. The predicted molar refractivity (Wildman–Crippen MR) is 96.1 cm³/mol. The maximum Gasteiger partial charge on any atom is 0.247 e. The lowest BCUT2D eigenvalue weighted by molar-refractivity contribution is 0.382. The van der Waals surface area contributed by atoms with Crippen LogP contribution < -0.4 is 4.74 Å². The Morgan fingerprint density at radius 3 is 2.46 bits per heavy atom. The molecule has 8 heteroatoms. The molecule has 0 aliphatic carbocycles. The van der Waals surface area contributed by atoms with Crippen LogP contribution in [0.4, 0.5) is 0 Å². The molecule has 1 aromatic carbocycles. The van der Waals surface area contributed by atoms with Crippen molar-refractivity contribution in [2.45, 2.75) is 17.9 Å². The van der Waals surface area contributed by atoms with E-state index in [2.05, 4.69) is 10.1 Å². The van der Waals surface area contributed by atoms with Crippen LogP contribution in [0.1, 0.15) is 18.5 Å². The van der Waals surface area contributed by atoms with E-state index >= 15 is 0 Å². The van der Waals surface area contributed by atoms with Gasteiger partial charge in [-0.05, 0) is 42.8 Å². The lowest BCUT2D eigenvalue weighted by Crippen LogP contribution is -2.30. The van der Waals surface area contributed by atoms with Gasteiger partial charge >= 0.3 is 0 Å². The molecule has 0 aliphatic rings. The fourth-order valence-corrected chi connectivity index (χ4v) is 4.14. The molecule has 0 aliphatic heterocycles. The summed E-state index contributed by atoms with van der Waals surface area (Å²) in [5.41, 5.74) is 1.45. The molecule has 136 valence electrons. The Morgan fingerprint density at radius 1 is 1.12 bits per heavy atom. The monoisotopic (exact) mass is 373 g/mol. The summed E-state index contributed by atoms with van der Waals surface area (Å²) in [6.45, 7) is 1.82. The maximum atomic E-state index is 13.2. The van der Waals surface area contributed by atoms with Gasteiger partial charge < -0.3 is 9.26 Å². The minimum absolute atomic E-state index is 0.0670. The highest BCUT2D eigenvalue weighted by Crippen LogP contribution is 2.34. The quantitative estimate of drug-likeness (QED) is 0.660. The predicted octanol–water partition coefficient (Wildman–Crippen LogP) is 3.13. The molecule has 0 amide bonds.